The van der Waals surface area contributed by atoms with Crippen LogP contribution >= 0.6 is 0 Å². The molecular formula is C12H14FNO4. The van der Waals surface area contributed by atoms with Crippen molar-refractivity contribution in [1.82, 2.24) is 0 Å². The lowest BCUT2D eigenvalue weighted by atomic mass is 10.2. The number of unbranched alkanes of at least 4 members (excludes halogenated alkanes) is 2. The zero-order valence-corrected chi connectivity index (χ0v) is 10.0. The first-order valence-electron chi connectivity index (χ1n) is 5.67. The molecule has 0 fully saturated rings. The summed E-state index contributed by atoms with van der Waals surface area (Å²) in [5, 5.41) is 10.5. The number of benzene rings is 1. The number of rotatable bonds is 6. The van der Waals surface area contributed by atoms with Crippen molar-refractivity contribution >= 4 is 11.7 Å². The second kappa shape index (κ2) is 6.68. The molecule has 0 unspecified atom stereocenters. The minimum atomic E-state index is -0.970. The summed E-state index contributed by atoms with van der Waals surface area (Å²) in [7, 11) is 0. The summed E-state index contributed by atoms with van der Waals surface area (Å²) >= 11 is 0. The number of esters is 1. The SMILES string of the molecule is CCCCCOC(=O)c1ccc(F)c([N+](=O)[O-])c1. The molecule has 0 spiro atoms. The molecule has 0 N–H and O–H groups in total. The molecule has 0 saturated heterocycles. The second-order valence-corrected chi connectivity index (χ2v) is 3.77. The van der Waals surface area contributed by atoms with Gasteiger partial charge in [-0.05, 0) is 18.6 Å². The smallest absolute Gasteiger partial charge is 0.338 e. The largest absolute Gasteiger partial charge is 0.462 e. The molecule has 5 nitrogen and oxygen atoms in total. The molecule has 0 aliphatic heterocycles. The highest BCUT2D eigenvalue weighted by Crippen LogP contribution is 2.19. The van der Waals surface area contributed by atoms with E-state index in [-0.39, 0.29) is 12.2 Å². The molecule has 0 aromatic heterocycles. The van der Waals surface area contributed by atoms with Crippen LogP contribution in [0.25, 0.3) is 0 Å². The number of carbonyl (C=O) groups excluding carboxylic acids is 1. The van der Waals surface area contributed by atoms with E-state index >= 15 is 0 Å². The van der Waals surface area contributed by atoms with Crippen molar-refractivity contribution in [2.24, 2.45) is 0 Å². The van der Waals surface area contributed by atoms with E-state index in [9.17, 15) is 19.3 Å². The molecule has 1 rings (SSSR count). The lowest BCUT2D eigenvalue weighted by Gasteiger charge is -2.04. The maximum absolute atomic E-state index is 13.0. The highest BCUT2D eigenvalue weighted by atomic mass is 19.1. The summed E-state index contributed by atoms with van der Waals surface area (Å²) in [6.07, 6.45) is 2.68. The fourth-order valence-corrected chi connectivity index (χ4v) is 1.38. The van der Waals surface area contributed by atoms with Crippen LogP contribution in [0, 0.1) is 15.9 Å². The maximum atomic E-state index is 13.0. The molecule has 18 heavy (non-hydrogen) atoms. The summed E-state index contributed by atoms with van der Waals surface area (Å²) in [5.74, 6) is -1.64. The number of carbonyl (C=O) groups is 1. The Bertz CT molecular complexity index is 448. The van der Waals surface area contributed by atoms with Gasteiger partial charge in [-0.15, -0.1) is 0 Å². The summed E-state index contributed by atoms with van der Waals surface area (Å²) in [6.45, 7) is 2.28. The fraction of sp³-hybridized carbons (Fsp3) is 0.417. The van der Waals surface area contributed by atoms with Crippen LogP contribution in [0.2, 0.25) is 0 Å². The van der Waals surface area contributed by atoms with Gasteiger partial charge in [-0.3, -0.25) is 10.1 Å². The first-order valence-corrected chi connectivity index (χ1v) is 5.67. The summed E-state index contributed by atoms with van der Waals surface area (Å²) < 4.78 is 18.0. The summed E-state index contributed by atoms with van der Waals surface area (Å²) in [5.41, 5.74) is -0.738. The third-order valence-corrected chi connectivity index (χ3v) is 2.36. The van der Waals surface area contributed by atoms with Gasteiger partial charge in [0.1, 0.15) is 0 Å². The predicted molar refractivity (Wildman–Crippen MR) is 62.9 cm³/mol. The molecule has 0 radical (unpaired) electrons. The summed E-state index contributed by atoms with van der Waals surface area (Å²) in [6, 6.07) is 2.95. The predicted octanol–water partition coefficient (Wildman–Crippen LogP) is 3.08. The van der Waals surface area contributed by atoms with E-state index < -0.39 is 22.4 Å². The number of halogens is 1. The van der Waals surface area contributed by atoms with Crippen LogP contribution in [-0.4, -0.2) is 17.5 Å². The van der Waals surface area contributed by atoms with Crippen LogP contribution in [0.3, 0.4) is 0 Å². The lowest BCUT2D eigenvalue weighted by molar-refractivity contribution is -0.387. The van der Waals surface area contributed by atoms with E-state index in [2.05, 4.69) is 0 Å². The number of ether oxygens (including phenoxy) is 1. The monoisotopic (exact) mass is 255 g/mol. The first kappa shape index (κ1) is 14.1. The van der Waals surface area contributed by atoms with E-state index in [1.54, 1.807) is 0 Å². The standard InChI is InChI=1S/C12H14FNO4/c1-2-3-4-7-18-12(15)9-5-6-10(13)11(8-9)14(16)17/h5-6,8H,2-4,7H2,1H3. The van der Waals surface area contributed by atoms with Crippen molar-refractivity contribution in [2.45, 2.75) is 26.2 Å². The van der Waals surface area contributed by atoms with Crippen molar-refractivity contribution in [3.63, 3.8) is 0 Å². The Kier molecular flexibility index (Phi) is 5.23. The molecule has 6 heteroatoms. The number of nitro benzene ring substituents is 1. The molecule has 0 aliphatic rings. The molecule has 0 atom stereocenters. The second-order valence-electron chi connectivity index (χ2n) is 3.77. The highest BCUT2D eigenvalue weighted by molar-refractivity contribution is 5.90. The minimum absolute atomic E-state index is 0.0143. The molecule has 98 valence electrons. The Labute approximate surface area is 104 Å². The van der Waals surface area contributed by atoms with Gasteiger partial charge in [-0.1, -0.05) is 19.8 Å². The van der Waals surface area contributed by atoms with Crippen LogP contribution in [0.5, 0.6) is 0 Å². The average Bonchev–Trinajstić information content (AvgIpc) is 2.34. The third-order valence-electron chi connectivity index (χ3n) is 2.36. The fourth-order valence-electron chi connectivity index (χ4n) is 1.38. The molecule has 0 heterocycles. The Hall–Kier alpha value is -1.98. The molecule has 0 saturated carbocycles. The Morgan fingerprint density at radius 2 is 2.17 bits per heavy atom. The van der Waals surface area contributed by atoms with E-state index in [0.717, 1.165) is 31.4 Å². The first-order chi connectivity index (χ1) is 8.56. The van der Waals surface area contributed by atoms with Crippen LogP contribution in [0.4, 0.5) is 10.1 Å². The van der Waals surface area contributed by atoms with Crippen LogP contribution in [0.1, 0.15) is 36.5 Å². The normalized spacial score (nSPS) is 10.1. The number of hydrogen-bond acceptors (Lipinski definition) is 4. The molecule has 1 aromatic rings. The Morgan fingerprint density at radius 3 is 2.78 bits per heavy atom. The highest BCUT2D eigenvalue weighted by Gasteiger charge is 2.18. The third kappa shape index (κ3) is 3.80. The van der Waals surface area contributed by atoms with E-state index in [1.807, 2.05) is 6.92 Å². The molecule has 0 aliphatic carbocycles. The molecule has 0 amide bonds. The van der Waals surface area contributed by atoms with Gasteiger partial charge in [0.25, 0.3) is 0 Å². The Balaban J connectivity index is 2.68. The zero-order chi connectivity index (χ0) is 13.5. The van der Waals surface area contributed by atoms with Gasteiger partial charge in [-0.25, -0.2) is 4.79 Å². The zero-order valence-electron chi connectivity index (χ0n) is 10.0. The molecule has 1 aromatic carbocycles. The number of nitrogens with zero attached hydrogens (tertiary/aromatic N) is 1. The molecular weight excluding hydrogens is 241 g/mol. The van der Waals surface area contributed by atoms with Gasteiger partial charge in [0.05, 0.1) is 17.1 Å². The van der Waals surface area contributed by atoms with Crippen molar-refractivity contribution in [3.05, 3.63) is 39.7 Å². The maximum Gasteiger partial charge on any atom is 0.338 e. The van der Waals surface area contributed by atoms with Crippen LogP contribution in [-0.2, 0) is 4.74 Å². The lowest BCUT2D eigenvalue weighted by Crippen LogP contribution is -2.07. The van der Waals surface area contributed by atoms with Gasteiger partial charge in [0.15, 0.2) is 0 Å². The quantitative estimate of drug-likeness (QED) is 0.339. The van der Waals surface area contributed by atoms with Crippen molar-refractivity contribution in [2.75, 3.05) is 6.61 Å². The number of hydrogen-bond donors (Lipinski definition) is 0. The van der Waals surface area contributed by atoms with Gasteiger partial charge in [-0.2, -0.15) is 4.39 Å². The summed E-state index contributed by atoms with van der Waals surface area (Å²) in [4.78, 5) is 21.2. The Morgan fingerprint density at radius 1 is 1.44 bits per heavy atom. The number of nitro groups is 1. The van der Waals surface area contributed by atoms with E-state index in [1.165, 1.54) is 6.07 Å². The average molecular weight is 255 g/mol. The van der Waals surface area contributed by atoms with Crippen molar-refractivity contribution in [3.8, 4) is 0 Å². The topological polar surface area (TPSA) is 69.4 Å². The minimum Gasteiger partial charge on any atom is -0.462 e. The van der Waals surface area contributed by atoms with Gasteiger partial charge in [0, 0.05) is 6.07 Å². The van der Waals surface area contributed by atoms with E-state index in [4.69, 9.17) is 4.74 Å². The van der Waals surface area contributed by atoms with Gasteiger partial charge in [0.2, 0.25) is 5.82 Å². The van der Waals surface area contributed by atoms with Gasteiger partial charge >= 0.3 is 11.7 Å². The van der Waals surface area contributed by atoms with Crippen molar-refractivity contribution < 1.29 is 18.8 Å². The van der Waals surface area contributed by atoms with Crippen molar-refractivity contribution in [1.29, 1.82) is 0 Å². The van der Waals surface area contributed by atoms with Gasteiger partial charge < -0.3 is 4.74 Å². The van der Waals surface area contributed by atoms with Crippen LogP contribution < -0.4 is 0 Å². The van der Waals surface area contributed by atoms with E-state index in [0.29, 0.717) is 0 Å². The molecule has 0 bridgehead atoms. The van der Waals surface area contributed by atoms with Crippen LogP contribution in [0.15, 0.2) is 18.2 Å².